The Hall–Kier alpha value is -3.78. The fraction of sp³-hybridized carbons (Fsp3) is 0.161. The second-order valence-corrected chi connectivity index (χ2v) is 10.3. The first-order valence-corrected chi connectivity index (χ1v) is 11.7. The van der Waals surface area contributed by atoms with Crippen LogP contribution in [0.25, 0.3) is 33.3 Å². The molecule has 2 aliphatic heterocycles. The maximum Gasteiger partial charge on any atom is 0.417 e. The van der Waals surface area contributed by atoms with Gasteiger partial charge in [0.1, 0.15) is 11.1 Å². The van der Waals surface area contributed by atoms with Crippen LogP contribution >= 0.6 is 0 Å². The molecule has 7 rings (SSSR count). The van der Waals surface area contributed by atoms with Crippen LogP contribution in [0.2, 0.25) is 0 Å². The Bertz CT molecular complexity index is 1610. The Morgan fingerprint density at radius 3 is 2.09 bits per heavy atom. The highest BCUT2D eigenvalue weighted by atomic mass is 15.3. The van der Waals surface area contributed by atoms with Crippen LogP contribution in [-0.2, 0) is 11.1 Å². The van der Waals surface area contributed by atoms with Crippen molar-refractivity contribution in [2.75, 3.05) is 0 Å². The zero-order valence-corrected chi connectivity index (χ0v) is 19.2. The van der Waals surface area contributed by atoms with E-state index in [0.717, 1.165) is 0 Å². The largest absolute Gasteiger partial charge is 0.417 e. The smallest absolute Gasteiger partial charge is 0.125 e. The average molecular weight is 427 g/mol. The fourth-order valence-corrected chi connectivity index (χ4v) is 5.98. The zero-order valence-electron chi connectivity index (χ0n) is 19.2. The molecule has 2 aromatic heterocycles. The number of pyridine rings is 2. The van der Waals surface area contributed by atoms with Crippen molar-refractivity contribution in [3.8, 4) is 22.5 Å². The van der Waals surface area contributed by atoms with Crippen molar-refractivity contribution in [1.29, 1.82) is 0 Å². The van der Waals surface area contributed by atoms with Crippen LogP contribution in [0.15, 0.2) is 103 Å². The first kappa shape index (κ1) is 18.8. The Labute approximate surface area is 194 Å². The minimum Gasteiger partial charge on any atom is -0.125 e. The topological polar surface area (TPSA) is 7.76 Å². The third kappa shape index (κ3) is 2.23. The molecule has 158 valence electrons. The number of rotatable bonds is 0. The third-order valence-electron chi connectivity index (χ3n) is 7.51. The van der Waals surface area contributed by atoms with E-state index in [4.69, 9.17) is 0 Å². The van der Waals surface area contributed by atoms with Crippen LogP contribution < -0.4 is 9.13 Å². The van der Waals surface area contributed by atoms with Crippen LogP contribution in [-0.4, -0.2) is 0 Å². The van der Waals surface area contributed by atoms with Gasteiger partial charge in [-0.1, -0.05) is 63.2 Å². The van der Waals surface area contributed by atoms with E-state index in [1.165, 1.54) is 50.0 Å². The average Bonchev–Trinajstić information content (AvgIpc) is 3.30. The standard InChI is InChI=1S/C31H26N2/c1-30(2,3)22-16-17-28-24-12-6-8-14-26(24)31(33(28)20-22)27-15-9-7-13-25(27)29-23-11-5-4-10-21(23)18-19-32(29)31/h4-20H,1-3H3/q+2. The van der Waals surface area contributed by atoms with Gasteiger partial charge >= 0.3 is 5.66 Å². The normalized spacial score (nSPS) is 17.7. The molecule has 2 aliphatic rings. The summed E-state index contributed by atoms with van der Waals surface area (Å²) in [5.41, 5.74) is 8.81. The lowest BCUT2D eigenvalue weighted by molar-refractivity contribution is -0.954. The number of fused-ring (bicyclic) bond motifs is 12. The summed E-state index contributed by atoms with van der Waals surface area (Å²) in [6, 6.07) is 33.5. The zero-order chi connectivity index (χ0) is 22.4. The molecule has 0 fully saturated rings. The summed E-state index contributed by atoms with van der Waals surface area (Å²) in [6.45, 7) is 6.88. The molecule has 0 aliphatic carbocycles. The van der Waals surface area contributed by atoms with Gasteiger partial charge in [-0.25, -0.2) is 0 Å². The van der Waals surface area contributed by atoms with Gasteiger partial charge in [0.25, 0.3) is 0 Å². The van der Waals surface area contributed by atoms with Crippen molar-refractivity contribution >= 4 is 10.8 Å². The van der Waals surface area contributed by atoms with Crippen molar-refractivity contribution in [2.45, 2.75) is 31.8 Å². The molecule has 0 bridgehead atoms. The predicted molar refractivity (Wildman–Crippen MR) is 132 cm³/mol. The molecule has 0 saturated carbocycles. The number of aromatic nitrogens is 2. The molecule has 0 amide bonds. The Balaban J connectivity index is 1.71. The van der Waals surface area contributed by atoms with Crippen molar-refractivity contribution in [1.82, 2.24) is 0 Å². The first-order chi connectivity index (χ1) is 16.0. The van der Waals surface area contributed by atoms with Gasteiger partial charge in [-0.05, 0) is 47.2 Å². The SMILES string of the molecule is CC(C)(C)c1ccc2[n+](c1)C1(c3ccccc3-2)c2ccccc2-c2c3ccccc3cc[n+]21. The molecule has 33 heavy (non-hydrogen) atoms. The van der Waals surface area contributed by atoms with Crippen LogP contribution in [0.4, 0.5) is 0 Å². The van der Waals surface area contributed by atoms with Gasteiger partial charge in [-0.3, -0.25) is 0 Å². The molecular formula is C31H26N2+2. The summed E-state index contributed by atoms with van der Waals surface area (Å²) < 4.78 is 5.05. The maximum atomic E-state index is 2.53. The van der Waals surface area contributed by atoms with Gasteiger partial charge in [-0.2, -0.15) is 0 Å². The maximum absolute atomic E-state index is 2.53. The second kappa shape index (κ2) is 6.17. The second-order valence-electron chi connectivity index (χ2n) is 10.3. The van der Waals surface area contributed by atoms with Gasteiger partial charge in [0.15, 0.2) is 12.4 Å². The van der Waals surface area contributed by atoms with Crippen LogP contribution in [0.5, 0.6) is 0 Å². The molecule has 2 nitrogen and oxygen atoms in total. The van der Waals surface area contributed by atoms with Crippen LogP contribution in [0.3, 0.4) is 0 Å². The summed E-state index contributed by atoms with van der Waals surface area (Å²) in [7, 11) is 0. The number of hydrogen-bond acceptors (Lipinski definition) is 0. The van der Waals surface area contributed by atoms with Crippen molar-refractivity contribution in [2.24, 2.45) is 0 Å². The summed E-state index contributed by atoms with van der Waals surface area (Å²) in [4.78, 5) is 0. The van der Waals surface area contributed by atoms with Crippen LogP contribution in [0.1, 0.15) is 37.5 Å². The van der Waals surface area contributed by atoms with E-state index < -0.39 is 5.66 Å². The predicted octanol–water partition coefficient (Wildman–Crippen LogP) is 5.97. The van der Waals surface area contributed by atoms with E-state index in [2.05, 4.69) is 133 Å². The molecule has 0 saturated heterocycles. The quantitative estimate of drug-likeness (QED) is 0.264. The van der Waals surface area contributed by atoms with Crippen LogP contribution in [0, 0.1) is 0 Å². The third-order valence-corrected chi connectivity index (χ3v) is 7.51. The Morgan fingerprint density at radius 1 is 0.636 bits per heavy atom. The van der Waals surface area contributed by atoms with Crippen molar-refractivity contribution in [3.05, 3.63) is 120 Å². The van der Waals surface area contributed by atoms with Gasteiger partial charge in [-0.15, -0.1) is 9.13 Å². The van der Waals surface area contributed by atoms with E-state index in [1.807, 2.05) is 0 Å². The van der Waals surface area contributed by atoms with E-state index in [9.17, 15) is 0 Å². The van der Waals surface area contributed by atoms with E-state index in [0.29, 0.717) is 0 Å². The molecular weight excluding hydrogens is 400 g/mol. The lowest BCUT2D eigenvalue weighted by atomic mass is 9.87. The van der Waals surface area contributed by atoms with Crippen molar-refractivity contribution in [3.63, 3.8) is 0 Å². The number of hydrogen-bond donors (Lipinski definition) is 0. The summed E-state index contributed by atoms with van der Waals surface area (Å²) in [6.07, 6.45) is 4.68. The molecule has 1 unspecified atom stereocenters. The summed E-state index contributed by atoms with van der Waals surface area (Å²) >= 11 is 0. The summed E-state index contributed by atoms with van der Waals surface area (Å²) in [5.74, 6) is 0. The minimum atomic E-state index is -0.441. The van der Waals surface area contributed by atoms with E-state index in [-0.39, 0.29) is 5.41 Å². The van der Waals surface area contributed by atoms with Gasteiger partial charge < -0.3 is 0 Å². The molecule has 5 aromatic rings. The highest BCUT2D eigenvalue weighted by Gasteiger charge is 2.66. The molecule has 0 N–H and O–H groups in total. The number of nitrogens with zero attached hydrogens (tertiary/aromatic N) is 2. The lowest BCUT2D eigenvalue weighted by Gasteiger charge is -2.21. The Kier molecular flexibility index (Phi) is 3.51. The fourth-order valence-electron chi connectivity index (χ4n) is 5.98. The highest BCUT2D eigenvalue weighted by molar-refractivity contribution is 5.95. The molecule has 0 radical (unpaired) electrons. The molecule has 1 atom stereocenters. The molecule has 1 spiro atoms. The van der Waals surface area contributed by atoms with E-state index in [1.54, 1.807) is 0 Å². The van der Waals surface area contributed by atoms with Gasteiger partial charge in [0, 0.05) is 17.7 Å². The van der Waals surface area contributed by atoms with E-state index >= 15 is 0 Å². The first-order valence-electron chi connectivity index (χ1n) is 11.7. The molecule has 4 heterocycles. The van der Waals surface area contributed by atoms with Gasteiger partial charge in [0.2, 0.25) is 11.4 Å². The molecule has 3 aromatic carbocycles. The van der Waals surface area contributed by atoms with Crippen molar-refractivity contribution < 1.29 is 9.13 Å². The highest BCUT2D eigenvalue weighted by Crippen LogP contribution is 2.48. The molecule has 2 heteroatoms. The minimum absolute atomic E-state index is 0.0625. The lowest BCUT2D eigenvalue weighted by Crippen LogP contribution is -2.71. The summed E-state index contributed by atoms with van der Waals surface area (Å²) in [5, 5.41) is 2.57. The van der Waals surface area contributed by atoms with Gasteiger partial charge in [0.05, 0.1) is 16.5 Å². The Morgan fingerprint density at radius 2 is 1.30 bits per heavy atom. The number of benzene rings is 3. The monoisotopic (exact) mass is 426 g/mol.